The monoisotopic (exact) mass is 367 g/mol. The second kappa shape index (κ2) is 6.61. The van der Waals surface area contributed by atoms with Crippen LogP contribution in [0.15, 0.2) is 59.8 Å². The van der Waals surface area contributed by atoms with Crippen molar-refractivity contribution in [1.29, 1.82) is 0 Å². The number of amides is 1. The maximum atomic E-state index is 13.0. The number of Topliss-reactive ketones (excluding diaryl/α,β-unsaturated/α-hetero) is 1. The van der Waals surface area contributed by atoms with Crippen LogP contribution in [0.2, 0.25) is 5.02 Å². The van der Waals surface area contributed by atoms with Gasteiger partial charge in [-0.05, 0) is 41.7 Å². The van der Waals surface area contributed by atoms with E-state index in [-0.39, 0.29) is 35.7 Å². The molecule has 5 heteroatoms. The Kier molecular flexibility index (Phi) is 4.29. The van der Waals surface area contributed by atoms with Crippen molar-refractivity contribution in [2.45, 2.75) is 31.1 Å². The zero-order valence-electron chi connectivity index (χ0n) is 14.0. The lowest BCUT2D eigenvalue weighted by molar-refractivity contribution is -0.122. The Morgan fingerprint density at radius 2 is 1.69 bits per heavy atom. The molecule has 2 aliphatic rings. The first-order chi connectivity index (χ1) is 12.5. The molecule has 2 N–H and O–H groups in total. The quantitative estimate of drug-likeness (QED) is 0.841. The molecule has 0 saturated heterocycles. The van der Waals surface area contributed by atoms with E-state index in [1.54, 1.807) is 24.3 Å². The highest BCUT2D eigenvalue weighted by Gasteiger charge is 2.38. The van der Waals surface area contributed by atoms with E-state index in [2.05, 4.69) is 5.32 Å². The highest BCUT2D eigenvalue weighted by atomic mass is 35.5. The first-order valence-electron chi connectivity index (χ1n) is 8.62. The molecule has 0 spiro atoms. The predicted octanol–water partition coefficient (Wildman–Crippen LogP) is 4.05. The largest absolute Gasteiger partial charge is 0.508 e. The third kappa shape index (κ3) is 3.01. The van der Waals surface area contributed by atoms with Crippen molar-refractivity contribution in [2.75, 3.05) is 0 Å². The van der Waals surface area contributed by atoms with Crippen molar-refractivity contribution in [3.8, 4) is 5.75 Å². The number of aromatic hydroxyl groups is 1. The van der Waals surface area contributed by atoms with Crippen molar-refractivity contribution in [3.63, 3.8) is 0 Å². The predicted molar refractivity (Wildman–Crippen MR) is 99.1 cm³/mol. The zero-order valence-corrected chi connectivity index (χ0v) is 14.8. The van der Waals surface area contributed by atoms with E-state index in [1.807, 2.05) is 24.3 Å². The van der Waals surface area contributed by atoms with Crippen LogP contribution in [0, 0.1) is 0 Å². The van der Waals surface area contributed by atoms with E-state index in [9.17, 15) is 14.7 Å². The van der Waals surface area contributed by atoms with Crippen LogP contribution in [0.4, 0.5) is 0 Å². The molecular weight excluding hydrogens is 350 g/mol. The number of halogens is 1. The summed E-state index contributed by atoms with van der Waals surface area (Å²) in [5.74, 6) is -0.173. The van der Waals surface area contributed by atoms with E-state index < -0.39 is 0 Å². The molecule has 0 saturated carbocycles. The number of carbonyl (C=O) groups is 2. The minimum absolute atomic E-state index is 0.0335. The van der Waals surface area contributed by atoms with Crippen molar-refractivity contribution in [1.82, 2.24) is 5.32 Å². The average Bonchev–Trinajstić information content (AvgIpc) is 2.61. The molecule has 0 unspecified atom stereocenters. The van der Waals surface area contributed by atoms with E-state index >= 15 is 0 Å². The molecule has 2 atom stereocenters. The van der Waals surface area contributed by atoms with Crippen molar-refractivity contribution in [3.05, 3.63) is 76.0 Å². The second-order valence-corrected chi connectivity index (χ2v) is 7.25. The Morgan fingerprint density at radius 3 is 2.42 bits per heavy atom. The number of hydrogen-bond donors (Lipinski definition) is 2. The van der Waals surface area contributed by atoms with Gasteiger partial charge in [-0.2, -0.15) is 0 Å². The Balaban J connectivity index is 1.73. The van der Waals surface area contributed by atoms with Gasteiger partial charge in [0, 0.05) is 35.1 Å². The molecule has 0 fully saturated rings. The van der Waals surface area contributed by atoms with Crippen molar-refractivity contribution < 1.29 is 14.7 Å². The highest BCUT2D eigenvalue weighted by molar-refractivity contribution is 6.31. The molecule has 0 radical (unpaired) electrons. The summed E-state index contributed by atoms with van der Waals surface area (Å²) in [6, 6.07) is 14.3. The standard InChI is InChI=1S/C21H18ClNO3/c22-17-4-2-1-3-15(17)13-9-18-21(19(25)10-13)16(11-20(26)23-18)12-5-7-14(24)8-6-12/h1-8,13,16,24H,9-11H2,(H,23,26)/t13-,16+/m0/s1. The molecule has 132 valence electrons. The van der Waals surface area contributed by atoms with Crippen LogP contribution in [0.25, 0.3) is 0 Å². The van der Waals surface area contributed by atoms with Crippen LogP contribution >= 0.6 is 11.6 Å². The fourth-order valence-electron chi connectivity index (χ4n) is 3.98. The topological polar surface area (TPSA) is 66.4 Å². The summed E-state index contributed by atoms with van der Waals surface area (Å²) in [6.07, 6.45) is 1.21. The van der Waals surface area contributed by atoms with Gasteiger partial charge in [0.05, 0.1) is 0 Å². The number of allylic oxidation sites excluding steroid dienone is 2. The van der Waals surface area contributed by atoms with Crippen LogP contribution in [0.1, 0.15) is 42.2 Å². The van der Waals surface area contributed by atoms with Crippen LogP contribution < -0.4 is 5.32 Å². The molecule has 1 amide bonds. The number of carbonyl (C=O) groups excluding carboxylic acids is 2. The number of nitrogens with one attached hydrogen (secondary N) is 1. The molecular formula is C21H18ClNO3. The SMILES string of the molecule is O=C1C[C@H](c2ccc(O)cc2)C2=C(C[C@H](c3ccccc3Cl)CC2=O)N1. The first-order valence-corrected chi connectivity index (χ1v) is 9.00. The summed E-state index contributed by atoms with van der Waals surface area (Å²) in [5, 5.41) is 13.1. The third-order valence-electron chi connectivity index (χ3n) is 5.18. The van der Waals surface area contributed by atoms with Gasteiger partial charge >= 0.3 is 0 Å². The summed E-state index contributed by atoms with van der Waals surface area (Å²) < 4.78 is 0. The molecule has 0 bridgehead atoms. The molecule has 1 heterocycles. The number of phenols is 1. The number of benzene rings is 2. The summed E-state index contributed by atoms with van der Waals surface area (Å²) in [4.78, 5) is 25.2. The number of ketones is 1. The van der Waals surface area contributed by atoms with Crippen molar-refractivity contribution in [2.24, 2.45) is 0 Å². The van der Waals surface area contributed by atoms with Crippen LogP contribution in [-0.4, -0.2) is 16.8 Å². The summed E-state index contributed by atoms with van der Waals surface area (Å²) >= 11 is 6.31. The van der Waals surface area contributed by atoms with E-state index in [0.717, 1.165) is 11.1 Å². The smallest absolute Gasteiger partial charge is 0.225 e. The van der Waals surface area contributed by atoms with Gasteiger partial charge in [0.15, 0.2) is 5.78 Å². The second-order valence-electron chi connectivity index (χ2n) is 6.84. The molecule has 1 aliphatic carbocycles. The number of hydrogen-bond acceptors (Lipinski definition) is 3. The summed E-state index contributed by atoms with van der Waals surface area (Å²) in [5.41, 5.74) is 3.21. The lowest BCUT2D eigenvalue weighted by Gasteiger charge is -2.34. The molecule has 4 nitrogen and oxygen atoms in total. The Bertz CT molecular complexity index is 917. The van der Waals surface area contributed by atoms with Crippen LogP contribution in [0.5, 0.6) is 5.75 Å². The van der Waals surface area contributed by atoms with Crippen LogP contribution in [-0.2, 0) is 9.59 Å². The lowest BCUT2D eigenvalue weighted by atomic mass is 9.73. The summed E-state index contributed by atoms with van der Waals surface area (Å²) in [6.45, 7) is 0. The van der Waals surface area contributed by atoms with Crippen LogP contribution in [0.3, 0.4) is 0 Å². The van der Waals surface area contributed by atoms with Gasteiger partial charge in [-0.1, -0.05) is 41.9 Å². The van der Waals surface area contributed by atoms with Gasteiger partial charge in [-0.15, -0.1) is 0 Å². The van der Waals surface area contributed by atoms with E-state index in [4.69, 9.17) is 11.6 Å². The summed E-state index contributed by atoms with van der Waals surface area (Å²) in [7, 11) is 0. The molecule has 26 heavy (non-hydrogen) atoms. The van der Waals surface area contributed by atoms with Gasteiger partial charge < -0.3 is 10.4 Å². The number of phenolic OH excluding ortho intramolecular Hbond substituents is 1. The van der Waals surface area contributed by atoms with Crippen molar-refractivity contribution >= 4 is 23.3 Å². The average molecular weight is 368 g/mol. The molecule has 1 aliphatic heterocycles. The normalized spacial score (nSPS) is 22.8. The minimum Gasteiger partial charge on any atom is -0.508 e. The van der Waals surface area contributed by atoms with E-state index in [0.29, 0.717) is 29.1 Å². The van der Waals surface area contributed by atoms with Gasteiger partial charge in [0.1, 0.15) is 5.75 Å². The molecule has 4 rings (SSSR count). The molecule has 2 aromatic carbocycles. The highest BCUT2D eigenvalue weighted by Crippen LogP contribution is 2.43. The van der Waals surface area contributed by atoms with Gasteiger partial charge in [0.25, 0.3) is 0 Å². The first kappa shape index (κ1) is 16.9. The molecule has 0 aromatic heterocycles. The fraction of sp³-hybridized carbons (Fsp3) is 0.238. The fourth-order valence-corrected chi connectivity index (χ4v) is 4.27. The third-order valence-corrected chi connectivity index (χ3v) is 5.52. The van der Waals surface area contributed by atoms with Gasteiger partial charge in [-0.25, -0.2) is 0 Å². The Labute approximate surface area is 156 Å². The maximum absolute atomic E-state index is 13.0. The Morgan fingerprint density at radius 1 is 0.962 bits per heavy atom. The van der Waals surface area contributed by atoms with Gasteiger partial charge in [-0.3, -0.25) is 9.59 Å². The minimum atomic E-state index is -0.265. The Hall–Kier alpha value is -2.59. The molecule has 2 aromatic rings. The van der Waals surface area contributed by atoms with Gasteiger partial charge in [0.2, 0.25) is 5.91 Å². The lowest BCUT2D eigenvalue weighted by Crippen LogP contribution is -2.38. The maximum Gasteiger partial charge on any atom is 0.225 e. The van der Waals surface area contributed by atoms with E-state index in [1.165, 1.54) is 0 Å². The number of rotatable bonds is 2. The zero-order chi connectivity index (χ0) is 18.3.